The molecule has 2 aliphatic heterocycles. The molecule has 5 rings (SSSR count). The Labute approximate surface area is 212 Å². The van der Waals surface area contributed by atoms with Crippen molar-refractivity contribution >= 4 is 11.6 Å². The van der Waals surface area contributed by atoms with Crippen molar-refractivity contribution in [3.05, 3.63) is 105 Å². The number of ether oxygens (including phenoxy) is 2. The van der Waals surface area contributed by atoms with E-state index in [0.717, 1.165) is 44.7 Å². The molecule has 1 unspecified atom stereocenters. The second-order valence-corrected chi connectivity index (χ2v) is 9.83. The van der Waals surface area contributed by atoms with E-state index in [2.05, 4.69) is 76.1 Å². The van der Waals surface area contributed by atoms with Crippen LogP contribution >= 0.6 is 0 Å². The van der Waals surface area contributed by atoms with Gasteiger partial charge in [-0.25, -0.2) is 0 Å². The second-order valence-electron chi connectivity index (χ2n) is 9.83. The Balaban J connectivity index is 1.67. The fourth-order valence-electron chi connectivity index (χ4n) is 5.66. The Morgan fingerprint density at radius 1 is 0.750 bits per heavy atom. The highest BCUT2D eigenvalue weighted by molar-refractivity contribution is 6.06. The van der Waals surface area contributed by atoms with E-state index in [0.29, 0.717) is 5.90 Å². The Bertz CT molecular complexity index is 1330. The van der Waals surface area contributed by atoms with Gasteiger partial charge in [-0.2, -0.15) is 0 Å². The summed E-state index contributed by atoms with van der Waals surface area (Å²) in [5, 5.41) is 9.05. The van der Waals surface area contributed by atoms with Crippen LogP contribution in [0.2, 0.25) is 0 Å². The number of nitrogens with zero attached hydrogens (tertiary/aromatic N) is 2. The zero-order valence-corrected chi connectivity index (χ0v) is 21.9. The fraction of sp³-hybridized carbons (Fsp3) is 0.333. The van der Waals surface area contributed by atoms with Crippen LogP contribution in [0.3, 0.4) is 0 Å². The van der Waals surface area contributed by atoms with Gasteiger partial charge in [0.1, 0.15) is 5.71 Å². The van der Waals surface area contributed by atoms with E-state index in [-0.39, 0.29) is 0 Å². The van der Waals surface area contributed by atoms with Crippen LogP contribution in [0, 0.1) is 47.5 Å². The highest BCUT2D eigenvalue weighted by atomic mass is 16.8. The van der Waals surface area contributed by atoms with E-state index < -0.39 is 18.0 Å². The van der Waals surface area contributed by atoms with Crippen LogP contribution < -0.4 is 0 Å². The number of hydrogen-bond donors (Lipinski definition) is 0. The minimum Gasteiger partial charge on any atom is -0.425 e. The van der Waals surface area contributed by atoms with Crippen molar-refractivity contribution in [1.82, 2.24) is 0 Å². The van der Waals surface area contributed by atoms with Crippen LogP contribution in [0.15, 0.2) is 64.9 Å². The maximum atomic E-state index is 6.78. The molecule has 0 fully saturated rings. The van der Waals surface area contributed by atoms with E-state index in [1.54, 1.807) is 7.11 Å². The summed E-state index contributed by atoms with van der Waals surface area (Å²) in [6.45, 7) is 12.5. The third-order valence-corrected chi connectivity index (χ3v) is 6.98. The Morgan fingerprint density at radius 2 is 1.31 bits per heavy atom. The molecule has 2 aliphatic rings. The van der Waals surface area contributed by atoms with Crippen molar-refractivity contribution in [2.24, 2.45) is 16.2 Å². The molecule has 6 nitrogen and oxygen atoms in total. The minimum absolute atomic E-state index is 0.437. The highest BCUT2D eigenvalue weighted by Gasteiger charge is 2.60. The van der Waals surface area contributed by atoms with Gasteiger partial charge in [-0.05, 0) is 69.0 Å². The van der Waals surface area contributed by atoms with Crippen molar-refractivity contribution in [3.8, 4) is 0 Å². The Kier molecular flexibility index (Phi) is 6.08. The van der Waals surface area contributed by atoms with Gasteiger partial charge < -0.3 is 19.1 Å². The summed E-state index contributed by atoms with van der Waals surface area (Å²) < 4.78 is 12.6. The van der Waals surface area contributed by atoms with Crippen molar-refractivity contribution in [2.45, 2.75) is 53.6 Å². The van der Waals surface area contributed by atoms with Crippen LogP contribution in [-0.2, 0) is 24.9 Å². The lowest BCUT2D eigenvalue weighted by Crippen LogP contribution is -2.47. The summed E-state index contributed by atoms with van der Waals surface area (Å²) >= 11 is 0. The molecule has 0 aliphatic carbocycles. The summed E-state index contributed by atoms with van der Waals surface area (Å²) in [7, 11) is 1.61. The van der Waals surface area contributed by atoms with Crippen LogP contribution in [0.25, 0.3) is 0 Å². The molecular formula is C30H32N2O4. The van der Waals surface area contributed by atoms with Crippen LogP contribution in [0.5, 0.6) is 0 Å². The van der Waals surface area contributed by atoms with Crippen molar-refractivity contribution < 1.29 is 19.1 Å². The van der Waals surface area contributed by atoms with Gasteiger partial charge in [-0.3, -0.25) is 0 Å². The van der Waals surface area contributed by atoms with Gasteiger partial charge in [0.25, 0.3) is 5.90 Å². The van der Waals surface area contributed by atoms with Gasteiger partial charge in [0.15, 0.2) is 5.92 Å². The molecular weight excluding hydrogens is 452 g/mol. The molecule has 0 radical (unpaired) electrons. The molecule has 2 heterocycles. The molecule has 0 bridgehead atoms. The third kappa shape index (κ3) is 3.86. The molecule has 36 heavy (non-hydrogen) atoms. The molecule has 0 N–H and O–H groups in total. The predicted molar refractivity (Wildman–Crippen MR) is 140 cm³/mol. The van der Waals surface area contributed by atoms with Crippen LogP contribution in [0.1, 0.15) is 50.1 Å². The number of aryl methyl sites for hydroxylation is 6. The first kappa shape index (κ1) is 24.1. The standard InChI is InChI=1S/C30H32N2O4/c1-17-13-19(3)24(20(4)14-17)27-26(29(33-7)35-31-27)30(23-11-9-8-10-12-23)34-28(32-36-30)25-21(5)15-18(2)16-22(25)6/h8-16,26,29H,1-7H3/t26-,29-,30?/m0/s1. The van der Waals surface area contributed by atoms with Gasteiger partial charge in [-0.15, -0.1) is 0 Å². The molecule has 0 saturated heterocycles. The van der Waals surface area contributed by atoms with Crippen LogP contribution in [0.4, 0.5) is 0 Å². The smallest absolute Gasteiger partial charge is 0.318 e. The first-order chi connectivity index (χ1) is 17.2. The lowest BCUT2D eigenvalue weighted by molar-refractivity contribution is -0.244. The Morgan fingerprint density at radius 3 is 1.86 bits per heavy atom. The maximum absolute atomic E-state index is 6.78. The summed E-state index contributed by atoms with van der Waals surface area (Å²) in [6, 6.07) is 18.4. The van der Waals surface area contributed by atoms with Crippen molar-refractivity contribution in [1.29, 1.82) is 0 Å². The SMILES string of the molecule is CO[C@H]1ON=C(c2c(C)cc(C)cc2C)[C@@H]1C1(c2ccccc2)ON=C(c2c(C)cc(C)cc2C)O1. The van der Waals surface area contributed by atoms with E-state index in [9.17, 15) is 0 Å². The molecule has 0 amide bonds. The van der Waals surface area contributed by atoms with E-state index in [1.165, 1.54) is 11.1 Å². The number of rotatable bonds is 5. The van der Waals surface area contributed by atoms with Gasteiger partial charge in [0.05, 0.1) is 0 Å². The summed E-state index contributed by atoms with van der Waals surface area (Å²) in [5.41, 5.74) is 10.2. The number of hydrogen-bond acceptors (Lipinski definition) is 6. The summed E-state index contributed by atoms with van der Waals surface area (Å²) in [5.74, 6) is -1.44. The zero-order chi connectivity index (χ0) is 25.6. The Hall–Kier alpha value is -3.64. The molecule has 3 atom stereocenters. The minimum atomic E-state index is -1.33. The first-order valence-electron chi connectivity index (χ1n) is 12.2. The first-order valence-corrected chi connectivity index (χ1v) is 12.2. The van der Waals surface area contributed by atoms with E-state index >= 15 is 0 Å². The van der Waals surface area contributed by atoms with E-state index in [1.807, 2.05) is 30.3 Å². The van der Waals surface area contributed by atoms with Crippen LogP contribution in [-0.4, -0.2) is 25.0 Å². The summed E-state index contributed by atoms with van der Waals surface area (Å²) in [4.78, 5) is 12.2. The lowest BCUT2D eigenvalue weighted by Gasteiger charge is -2.34. The summed E-state index contributed by atoms with van der Waals surface area (Å²) in [6.07, 6.45) is -0.727. The molecule has 6 heteroatoms. The number of oxime groups is 2. The quantitative estimate of drug-likeness (QED) is 0.438. The topological polar surface area (TPSA) is 61.6 Å². The highest BCUT2D eigenvalue weighted by Crippen LogP contribution is 2.47. The maximum Gasteiger partial charge on any atom is 0.318 e. The lowest BCUT2D eigenvalue weighted by atomic mass is 9.81. The van der Waals surface area contributed by atoms with Crippen molar-refractivity contribution in [3.63, 3.8) is 0 Å². The number of methoxy groups -OCH3 is 1. The largest absolute Gasteiger partial charge is 0.425 e. The second kappa shape index (κ2) is 9.10. The average Bonchev–Trinajstić information content (AvgIpc) is 3.44. The molecule has 3 aromatic rings. The molecule has 0 aromatic heterocycles. The molecule has 3 aromatic carbocycles. The van der Waals surface area contributed by atoms with Gasteiger partial charge in [-0.1, -0.05) is 70.9 Å². The van der Waals surface area contributed by atoms with Crippen molar-refractivity contribution in [2.75, 3.05) is 7.11 Å². The van der Waals surface area contributed by atoms with Gasteiger partial charge in [0.2, 0.25) is 6.29 Å². The number of benzene rings is 3. The molecule has 0 saturated carbocycles. The zero-order valence-electron chi connectivity index (χ0n) is 21.9. The van der Waals surface area contributed by atoms with Gasteiger partial charge >= 0.3 is 5.79 Å². The third-order valence-electron chi connectivity index (χ3n) is 6.98. The fourth-order valence-corrected chi connectivity index (χ4v) is 5.66. The molecule has 0 spiro atoms. The molecule has 186 valence electrons. The van der Waals surface area contributed by atoms with Gasteiger partial charge in [0, 0.05) is 23.8 Å². The predicted octanol–water partition coefficient (Wildman–Crippen LogP) is 6.12. The van der Waals surface area contributed by atoms with E-state index in [4.69, 9.17) is 19.1 Å². The monoisotopic (exact) mass is 484 g/mol. The normalized spacial score (nSPS) is 23.0. The average molecular weight is 485 g/mol.